The van der Waals surface area contributed by atoms with E-state index in [0.717, 1.165) is 10.9 Å². The van der Waals surface area contributed by atoms with Gasteiger partial charge in [-0.3, -0.25) is 29.3 Å². The molecule has 1 aromatic carbocycles. The van der Waals surface area contributed by atoms with Crippen molar-refractivity contribution in [1.82, 2.24) is 34.1 Å². The largest absolute Gasteiger partial charge is 0.695 e. The molecule has 0 saturated carbocycles. The summed E-state index contributed by atoms with van der Waals surface area (Å²) in [5.41, 5.74) is -0.0372. The van der Waals surface area contributed by atoms with Crippen LogP contribution < -0.4 is 16.2 Å². The number of hydrogen-bond acceptors (Lipinski definition) is 14. The van der Waals surface area contributed by atoms with Crippen LogP contribution in [-0.4, -0.2) is 101 Å². The summed E-state index contributed by atoms with van der Waals surface area (Å²) in [4.78, 5) is 70.5. The Morgan fingerprint density at radius 1 is 1.12 bits per heavy atom. The Labute approximate surface area is 342 Å². The molecule has 21 nitrogen and oxygen atoms in total. The average molecular weight is 870 g/mol. The van der Waals surface area contributed by atoms with Crippen LogP contribution in [0.4, 0.5) is 16.2 Å². The fourth-order valence-electron chi connectivity index (χ4n) is 6.62. The summed E-state index contributed by atoms with van der Waals surface area (Å²) in [6.07, 6.45) is -3.20. The Balaban J connectivity index is 1.06. The van der Waals surface area contributed by atoms with Gasteiger partial charge in [0.1, 0.15) is 36.7 Å². The highest BCUT2D eigenvalue weighted by Crippen LogP contribution is 2.48. The van der Waals surface area contributed by atoms with Gasteiger partial charge in [-0.05, 0) is 24.6 Å². The lowest BCUT2D eigenvalue weighted by Crippen LogP contribution is -2.31. The Kier molecular flexibility index (Phi) is 13.6. The van der Waals surface area contributed by atoms with Gasteiger partial charge in [-0.2, -0.15) is 4.98 Å². The van der Waals surface area contributed by atoms with Crippen molar-refractivity contribution in [3.8, 4) is 0 Å². The summed E-state index contributed by atoms with van der Waals surface area (Å²) in [6, 6.07) is 10.5. The van der Waals surface area contributed by atoms with Crippen molar-refractivity contribution in [2.24, 2.45) is 5.92 Å². The number of halogens is 1. The van der Waals surface area contributed by atoms with Crippen LogP contribution in [0.25, 0.3) is 27.0 Å². The number of fused-ring (bicyclic) bond motifs is 2. The number of imidazole rings is 1. The third kappa shape index (κ3) is 9.39. The molecule has 7 rings (SSSR count). The molecule has 2 aliphatic rings. The van der Waals surface area contributed by atoms with E-state index in [1.165, 1.54) is 6.33 Å². The van der Waals surface area contributed by atoms with Gasteiger partial charge in [0.25, 0.3) is 11.5 Å². The van der Waals surface area contributed by atoms with Gasteiger partial charge in [-0.1, -0.05) is 39.0 Å². The van der Waals surface area contributed by atoms with E-state index in [9.17, 15) is 23.8 Å². The molecule has 6 heterocycles. The van der Waals surface area contributed by atoms with Gasteiger partial charge in [0.15, 0.2) is 29.7 Å². The molecule has 24 heteroatoms. The van der Waals surface area contributed by atoms with Crippen molar-refractivity contribution in [2.75, 3.05) is 30.4 Å². The predicted molar refractivity (Wildman–Crippen MR) is 211 cm³/mol. The highest BCUT2D eigenvalue weighted by molar-refractivity contribution is 7.41. The number of aromatic nitrogens is 7. The number of anilines is 2. The van der Waals surface area contributed by atoms with Crippen molar-refractivity contribution in [1.29, 1.82) is 0 Å². The zero-order valence-corrected chi connectivity index (χ0v) is 34.1. The number of carbonyl (C=O) groups is 2. The van der Waals surface area contributed by atoms with Crippen molar-refractivity contribution < 1.29 is 51.0 Å². The van der Waals surface area contributed by atoms with Gasteiger partial charge in [0, 0.05) is 28.7 Å². The second kappa shape index (κ2) is 19.0. The molecule has 2 amide bonds. The molecular weight excluding hydrogens is 829 g/mol. The van der Waals surface area contributed by atoms with Crippen molar-refractivity contribution in [3.05, 3.63) is 82.6 Å². The molecule has 2 fully saturated rings. The van der Waals surface area contributed by atoms with Crippen molar-refractivity contribution in [2.45, 2.75) is 76.7 Å². The second-order valence-electron chi connectivity index (χ2n) is 13.9. The highest BCUT2D eigenvalue weighted by atomic mass is 31.2. The molecule has 316 valence electrons. The Hall–Kier alpha value is -5.20. The van der Waals surface area contributed by atoms with Gasteiger partial charge in [0.05, 0.1) is 30.5 Å². The maximum absolute atomic E-state index is 16.2. The standard InChI is InChI=1S/C36H39FN10O11P2/c1-5-22-23(15-25(55-22)46-13-11-21-29(39-17-40-30(21)46)42-33(49)20-9-7-6-8-10-20)57-60(53-14-12-38-4)54-16-24-26(37)28(58-59(51)52)35(56-24)47-18-41-27-31(47)43-36(45-34(27)50)44-32(48)19(2)3/h6-11,13,17-19,22-26,28,35H,5,12,14-16H2,1-3H3,(H3-,39,40,42,43,44,45,48,49,50,51,52)/p+1/t22-,23+,24-,25-,26-,28-,35-,60?/m1/s1. The molecule has 5 aromatic rings. The summed E-state index contributed by atoms with van der Waals surface area (Å²) in [6.45, 7) is 11.8. The van der Waals surface area contributed by atoms with Gasteiger partial charge in [-0.25, -0.2) is 25.9 Å². The summed E-state index contributed by atoms with van der Waals surface area (Å²) in [7, 11) is -5.59. The molecular formula is C36H40FN10O11P2+. The zero-order chi connectivity index (χ0) is 42.5. The minimum Gasteiger partial charge on any atom is -0.352 e. The summed E-state index contributed by atoms with van der Waals surface area (Å²) in [5.74, 6) is -1.09. The summed E-state index contributed by atoms with van der Waals surface area (Å²) < 4.78 is 66.6. The highest BCUT2D eigenvalue weighted by Gasteiger charge is 2.52. The number of H-pyrrole nitrogens is 1. The lowest BCUT2D eigenvalue weighted by molar-refractivity contribution is -0.118. The third-order valence-corrected chi connectivity index (χ3v) is 11.2. The molecule has 0 spiro atoms. The lowest BCUT2D eigenvalue weighted by atomic mass is 10.1. The first-order valence-electron chi connectivity index (χ1n) is 18.7. The number of aromatic amines is 1. The SMILES string of the molecule is [C-]#[N+]CCOP(OC[C@H]1O[C@@H](n2cnc3c(=O)[nH]c(NC(=O)C(C)C)nc32)[C@H](O[P+](=O)O)[C@@H]1F)O[C@H]1C[C@H](n2ccc3c(NC(=O)c4ccccc4)ncnc32)O[C@@H]1CC. The first kappa shape index (κ1) is 42.9. The van der Waals surface area contributed by atoms with Crippen LogP contribution in [-0.2, 0) is 36.9 Å². The molecule has 2 unspecified atom stereocenters. The molecule has 4 aromatic heterocycles. The maximum atomic E-state index is 16.2. The Morgan fingerprint density at radius 3 is 2.65 bits per heavy atom. The third-order valence-electron chi connectivity index (χ3n) is 9.58. The predicted octanol–water partition coefficient (Wildman–Crippen LogP) is 4.94. The monoisotopic (exact) mass is 869 g/mol. The second-order valence-corrected chi connectivity index (χ2v) is 15.7. The molecule has 0 bridgehead atoms. The fraction of sp³-hybridized carbons (Fsp3) is 0.444. The van der Waals surface area contributed by atoms with Gasteiger partial charge in [-0.15, -0.1) is 9.42 Å². The average Bonchev–Trinajstić information content (AvgIpc) is 4.02. The fourth-order valence-corrected chi connectivity index (χ4v) is 8.19. The van der Waals surface area contributed by atoms with Crippen molar-refractivity contribution in [3.63, 3.8) is 0 Å². The first-order valence-corrected chi connectivity index (χ1v) is 21.0. The van der Waals surface area contributed by atoms with E-state index in [2.05, 4.69) is 40.4 Å². The topological polar surface area (TPSA) is 250 Å². The number of amides is 2. The van der Waals surface area contributed by atoms with Gasteiger partial charge in [0.2, 0.25) is 18.4 Å². The normalized spacial score (nSPS) is 23.6. The van der Waals surface area contributed by atoms with E-state index in [4.69, 9.17) is 34.1 Å². The van der Waals surface area contributed by atoms with Crippen LogP contribution in [0.1, 0.15) is 56.4 Å². The minimum atomic E-state index is -3.34. The molecule has 9 atom stereocenters. The van der Waals surface area contributed by atoms with E-state index in [1.54, 1.807) is 54.9 Å². The van der Waals surface area contributed by atoms with E-state index < -0.39 is 83.9 Å². The summed E-state index contributed by atoms with van der Waals surface area (Å²) in [5, 5.41) is 5.92. The molecule has 0 radical (unpaired) electrons. The summed E-state index contributed by atoms with van der Waals surface area (Å²) >= 11 is 0. The number of rotatable bonds is 17. The van der Waals surface area contributed by atoms with Crippen molar-refractivity contribution >= 4 is 62.6 Å². The van der Waals surface area contributed by atoms with Crippen LogP contribution in [0.15, 0.2) is 60.0 Å². The number of nitrogens with one attached hydrogen (secondary N) is 3. The number of alkyl halides is 1. The lowest BCUT2D eigenvalue weighted by Gasteiger charge is -2.23. The van der Waals surface area contributed by atoms with E-state index in [1.807, 2.05) is 13.0 Å². The number of benzene rings is 1. The Morgan fingerprint density at radius 2 is 1.92 bits per heavy atom. The molecule has 4 N–H and O–H groups in total. The van der Waals surface area contributed by atoms with Crippen LogP contribution in [0.3, 0.4) is 0 Å². The zero-order valence-electron chi connectivity index (χ0n) is 32.3. The number of hydrogen-bond donors (Lipinski definition) is 4. The van der Waals surface area contributed by atoms with Crippen LogP contribution >= 0.6 is 16.9 Å². The van der Waals surface area contributed by atoms with Gasteiger partial charge < -0.3 is 37.8 Å². The number of carbonyl (C=O) groups excluding carboxylic acids is 2. The number of nitrogens with zero attached hydrogens (tertiary/aromatic N) is 7. The van der Waals surface area contributed by atoms with Crippen LogP contribution in [0.2, 0.25) is 0 Å². The smallest absolute Gasteiger partial charge is 0.352 e. The maximum Gasteiger partial charge on any atom is 0.695 e. The minimum absolute atomic E-state index is 0.0165. The van der Waals surface area contributed by atoms with Crippen LogP contribution in [0.5, 0.6) is 0 Å². The molecule has 2 saturated heterocycles. The van der Waals surface area contributed by atoms with E-state index >= 15 is 4.39 Å². The quantitative estimate of drug-likeness (QED) is 0.0549. The molecule has 2 aliphatic heterocycles. The molecule has 0 aliphatic carbocycles. The van der Waals surface area contributed by atoms with E-state index in [0.29, 0.717) is 35.3 Å². The Bertz CT molecular complexity index is 2450. The number of ether oxygens (including phenoxy) is 2. The van der Waals surface area contributed by atoms with Gasteiger partial charge >= 0.3 is 16.9 Å². The molecule has 60 heavy (non-hydrogen) atoms. The van der Waals surface area contributed by atoms with Crippen LogP contribution in [0, 0.1) is 12.5 Å². The first-order chi connectivity index (χ1) is 28.9. The van der Waals surface area contributed by atoms with E-state index in [-0.39, 0.29) is 36.2 Å².